The molecule has 1 unspecified atom stereocenters. The van der Waals surface area contributed by atoms with E-state index in [0.717, 1.165) is 0 Å². The minimum Gasteiger partial charge on any atom is -0.444 e. The molecule has 17 heavy (non-hydrogen) atoms. The molecule has 0 aliphatic carbocycles. The molecule has 98 valence electrons. The molecule has 2 aliphatic heterocycles. The first-order chi connectivity index (χ1) is 7.68. The second-order valence-electron chi connectivity index (χ2n) is 6.07. The largest absolute Gasteiger partial charge is 0.444 e. The maximum atomic E-state index is 11.8. The summed E-state index contributed by atoms with van der Waals surface area (Å²) in [5, 5.41) is 0. The van der Waals surface area contributed by atoms with Gasteiger partial charge in [0.05, 0.1) is 12.6 Å². The summed E-state index contributed by atoms with van der Waals surface area (Å²) in [6, 6.07) is 0.103. The van der Waals surface area contributed by atoms with Crippen LogP contribution in [0.5, 0.6) is 0 Å². The average molecular weight is 243 g/mol. The number of ether oxygens (including phenoxy) is 3. The van der Waals surface area contributed by atoms with E-state index in [1.807, 2.05) is 34.6 Å². The van der Waals surface area contributed by atoms with Gasteiger partial charge in [-0.25, -0.2) is 4.79 Å². The maximum Gasteiger partial charge on any atom is 0.410 e. The van der Waals surface area contributed by atoms with E-state index in [2.05, 4.69) is 0 Å². The lowest BCUT2D eigenvalue weighted by Gasteiger charge is -2.21. The summed E-state index contributed by atoms with van der Waals surface area (Å²) < 4.78 is 16.5. The molecule has 0 saturated carbocycles. The first-order valence-electron chi connectivity index (χ1n) is 5.99. The Morgan fingerprint density at radius 3 is 2.53 bits per heavy atom. The van der Waals surface area contributed by atoms with Gasteiger partial charge in [0.2, 0.25) is 0 Å². The Morgan fingerprint density at radius 2 is 2.06 bits per heavy atom. The molecule has 2 heterocycles. The minimum atomic E-state index is -0.535. The molecule has 2 aliphatic rings. The number of carbonyl (C=O) groups is 1. The van der Waals surface area contributed by atoms with Gasteiger partial charge in [0.15, 0.2) is 5.79 Å². The molecule has 2 rings (SSSR count). The average Bonchev–Trinajstić information content (AvgIpc) is 2.83. The van der Waals surface area contributed by atoms with Crippen LogP contribution in [-0.2, 0) is 14.2 Å². The van der Waals surface area contributed by atoms with Crippen molar-refractivity contribution < 1.29 is 19.0 Å². The predicted octanol–water partition coefficient (Wildman–Crippen LogP) is 1.76. The second kappa shape index (κ2) is 3.85. The first-order valence-corrected chi connectivity index (χ1v) is 5.99. The van der Waals surface area contributed by atoms with Crippen LogP contribution in [0.4, 0.5) is 4.79 Å². The van der Waals surface area contributed by atoms with E-state index in [4.69, 9.17) is 14.2 Å². The number of amides is 1. The molecule has 0 N–H and O–H groups in total. The summed E-state index contributed by atoms with van der Waals surface area (Å²) in [6.45, 7) is 10.6. The van der Waals surface area contributed by atoms with Crippen molar-refractivity contribution >= 4 is 6.09 Å². The molecule has 0 bridgehead atoms. The third-order valence-electron chi connectivity index (χ3n) is 2.74. The third-order valence-corrected chi connectivity index (χ3v) is 2.74. The van der Waals surface area contributed by atoms with Gasteiger partial charge in [0.1, 0.15) is 11.7 Å². The van der Waals surface area contributed by atoms with Crippen LogP contribution in [0.2, 0.25) is 0 Å². The molecule has 5 nitrogen and oxygen atoms in total. The Kier molecular flexibility index (Phi) is 2.86. The Hall–Kier alpha value is -0.810. The fourth-order valence-corrected chi connectivity index (χ4v) is 1.91. The summed E-state index contributed by atoms with van der Waals surface area (Å²) in [4.78, 5) is 13.4. The Morgan fingerprint density at radius 1 is 1.41 bits per heavy atom. The molecule has 2 fully saturated rings. The summed E-state index contributed by atoms with van der Waals surface area (Å²) in [7, 11) is 0. The normalized spacial score (nSPS) is 31.5. The summed E-state index contributed by atoms with van der Waals surface area (Å²) in [5.74, 6) is -0.535. The fourth-order valence-electron chi connectivity index (χ4n) is 1.91. The van der Waals surface area contributed by atoms with Crippen LogP contribution < -0.4 is 0 Å². The van der Waals surface area contributed by atoms with Gasteiger partial charge in [0, 0.05) is 6.54 Å². The molecule has 2 saturated heterocycles. The van der Waals surface area contributed by atoms with Crippen molar-refractivity contribution in [2.24, 2.45) is 0 Å². The van der Waals surface area contributed by atoms with Crippen LogP contribution >= 0.6 is 0 Å². The van der Waals surface area contributed by atoms with Crippen molar-refractivity contribution in [2.75, 3.05) is 13.2 Å². The minimum absolute atomic E-state index is 0.0301. The van der Waals surface area contributed by atoms with E-state index in [0.29, 0.717) is 13.2 Å². The smallest absolute Gasteiger partial charge is 0.410 e. The zero-order chi connectivity index (χ0) is 12.8. The van der Waals surface area contributed by atoms with Crippen molar-refractivity contribution in [3.63, 3.8) is 0 Å². The van der Waals surface area contributed by atoms with Crippen molar-refractivity contribution in [2.45, 2.75) is 58.2 Å². The van der Waals surface area contributed by atoms with Crippen LogP contribution in [0, 0.1) is 0 Å². The Bertz CT molecular complexity index is 321. The zero-order valence-electron chi connectivity index (χ0n) is 11.1. The summed E-state index contributed by atoms with van der Waals surface area (Å²) >= 11 is 0. The Labute approximate surface area is 102 Å². The van der Waals surface area contributed by atoms with Crippen LogP contribution in [0.25, 0.3) is 0 Å². The Balaban J connectivity index is 1.83. The lowest BCUT2D eigenvalue weighted by atomic mass is 10.2. The van der Waals surface area contributed by atoms with E-state index in [9.17, 15) is 4.79 Å². The van der Waals surface area contributed by atoms with E-state index >= 15 is 0 Å². The fraction of sp³-hybridized carbons (Fsp3) is 0.917. The molecular weight excluding hydrogens is 222 g/mol. The molecule has 0 aromatic heterocycles. The van der Waals surface area contributed by atoms with Gasteiger partial charge >= 0.3 is 6.09 Å². The van der Waals surface area contributed by atoms with Gasteiger partial charge in [-0.2, -0.15) is 0 Å². The highest BCUT2D eigenvalue weighted by molar-refractivity contribution is 5.71. The highest BCUT2D eigenvalue weighted by Crippen LogP contribution is 2.33. The molecule has 5 heteroatoms. The highest BCUT2D eigenvalue weighted by Gasteiger charge is 2.51. The molecule has 0 spiro atoms. The monoisotopic (exact) mass is 243 g/mol. The van der Waals surface area contributed by atoms with Gasteiger partial charge < -0.3 is 14.2 Å². The van der Waals surface area contributed by atoms with Crippen molar-refractivity contribution in [3.8, 4) is 0 Å². The number of hydrogen-bond acceptors (Lipinski definition) is 4. The van der Waals surface area contributed by atoms with Crippen molar-refractivity contribution in [1.82, 2.24) is 4.90 Å². The zero-order valence-corrected chi connectivity index (χ0v) is 11.1. The van der Waals surface area contributed by atoms with Crippen LogP contribution in [-0.4, -0.2) is 47.7 Å². The molecular formula is C12H21NO4. The van der Waals surface area contributed by atoms with Gasteiger partial charge in [0.25, 0.3) is 0 Å². The SMILES string of the molecule is CC(C)(C)OC(=O)N1CC1[C@H]1COC(C)(C)O1. The first kappa shape index (κ1) is 12.6. The second-order valence-corrected chi connectivity index (χ2v) is 6.07. The predicted molar refractivity (Wildman–Crippen MR) is 61.6 cm³/mol. The highest BCUT2D eigenvalue weighted by atomic mass is 16.7. The third kappa shape index (κ3) is 3.10. The van der Waals surface area contributed by atoms with Crippen LogP contribution in [0.15, 0.2) is 0 Å². The molecule has 0 aromatic carbocycles. The van der Waals surface area contributed by atoms with Crippen LogP contribution in [0.1, 0.15) is 34.6 Å². The molecule has 1 amide bonds. The summed E-state index contributed by atoms with van der Waals surface area (Å²) in [6.07, 6.45) is -0.298. The van der Waals surface area contributed by atoms with E-state index in [1.165, 1.54) is 0 Å². The van der Waals surface area contributed by atoms with Gasteiger partial charge in [-0.3, -0.25) is 4.90 Å². The lowest BCUT2D eigenvalue weighted by molar-refractivity contribution is -0.139. The standard InChI is InChI=1S/C12H21NO4/c1-11(2,3)17-10(14)13-6-8(13)9-7-15-12(4,5)16-9/h8-9H,6-7H2,1-5H3/t8?,9-,13?/m1/s1. The quantitative estimate of drug-likeness (QED) is 0.658. The molecule has 2 atom stereocenters. The number of hydrogen-bond donors (Lipinski definition) is 0. The van der Waals surface area contributed by atoms with Gasteiger partial charge in [-0.1, -0.05) is 0 Å². The van der Waals surface area contributed by atoms with Crippen LogP contribution in [0.3, 0.4) is 0 Å². The topological polar surface area (TPSA) is 47.8 Å². The van der Waals surface area contributed by atoms with Gasteiger partial charge in [-0.15, -0.1) is 0 Å². The van der Waals surface area contributed by atoms with E-state index in [-0.39, 0.29) is 18.2 Å². The molecule has 0 radical (unpaired) electrons. The molecule has 0 aromatic rings. The number of nitrogens with zero attached hydrogens (tertiary/aromatic N) is 1. The number of carbonyl (C=O) groups excluding carboxylic acids is 1. The summed E-state index contributed by atoms with van der Waals surface area (Å²) in [5.41, 5.74) is -0.448. The van der Waals surface area contributed by atoms with E-state index in [1.54, 1.807) is 4.90 Å². The lowest BCUT2D eigenvalue weighted by Crippen LogP contribution is -2.31. The maximum absolute atomic E-state index is 11.8. The number of rotatable bonds is 1. The van der Waals surface area contributed by atoms with Crippen molar-refractivity contribution in [1.29, 1.82) is 0 Å². The van der Waals surface area contributed by atoms with E-state index < -0.39 is 11.4 Å². The van der Waals surface area contributed by atoms with Crippen molar-refractivity contribution in [3.05, 3.63) is 0 Å². The van der Waals surface area contributed by atoms with Gasteiger partial charge in [-0.05, 0) is 34.6 Å².